The Labute approximate surface area is 207 Å². The lowest BCUT2D eigenvalue weighted by Gasteiger charge is -2.25. The number of H-pyrrole nitrogens is 1. The molecule has 3 aromatic rings. The van der Waals surface area contributed by atoms with Crippen LogP contribution in [0.4, 0.5) is 16.8 Å². The van der Waals surface area contributed by atoms with Crippen LogP contribution >= 0.6 is 11.3 Å². The van der Waals surface area contributed by atoms with Gasteiger partial charge in [0.2, 0.25) is 11.9 Å². The molecule has 6 rings (SSSR count). The third kappa shape index (κ3) is 4.69. The highest BCUT2D eigenvalue weighted by Gasteiger charge is 2.35. The molecule has 2 fully saturated rings. The summed E-state index contributed by atoms with van der Waals surface area (Å²) in [7, 11) is 0. The van der Waals surface area contributed by atoms with Crippen LogP contribution in [0.3, 0.4) is 0 Å². The highest BCUT2D eigenvalue weighted by molar-refractivity contribution is 7.17. The van der Waals surface area contributed by atoms with Gasteiger partial charge in [0.05, 0.1) is 5.56 Å². The Hall–Kier alpha value is -3.21. The van der Waals surface area contributed by atoms with Crippen LogP contribution < -0.4 is 16.0 Å². The summed E-state index contributed by atoms with van der Waals surface area (Å²) in [6, 6.07) is 2.06. The van der Waals surface area contributed by atoms with Gasteiger partial charge < -0.3 is 16.0 Å². The summed E-state index contributed by atoms with van der Waals surface area (Å²) in [4.78, 5) is 27.1. The summed E-state index contributed by atoms with van der Waals surface area (Å²) in [6.45, 7) is 2.77. The maximum Gasteiger partial charge on any atom is 0.254 e. The molecule has 11 heteroatoms. The molecule has 3 aliphatic rings. The number of aromatic amines is 1. The average Bonchev–Trinajstić information content (AvgIpc) is 3.76. The lowest BCUT2D eigenvalue weighted by atomic mass is 9.91. The Morgan fingerprint density at radius 1 is 1.23 bits per heavy atom. The van der Waals surface area contributed by atoms with Crippen molar-refractivity contribution in [1.29, 1.82) is 0 Å². The Bertz CT molecular complexity index is 1250. The van der Waals surface area contributed by atoms with Crippen molar-refractivity contribution in [2.45, 2.75) is 64.3 Å². The Morgan fingerprint density at radius 2 is 2.09 bits per heavy atom. The molecule has 3 heterocycles. The maximum atomic E-state index is 13.3. The largest absolute Gasteiger partial charge is 0.352 e. The van der Waals surface area contributed by atoms with E-state index in [1.165, 1.54) is 17.7 Å². The molecule has 10 nitrogen and oxygen atoms in total. The van der Waals surface area contributed by atoms with E-state index in [4.69, 9.17) is 0 Å². The van der Waals surface area contributed by atoms with Gasteiger partial charge in [-0.1, -0.05) is 6.92 Å². The van der Waals surface area contributed by atoms with E-state index in [2.05, 4.69) is 43.3 Å². The minimum Gasteiger partial charge on any atom is -0.352 e. The van der Waals surface area contributed by atoms with Crippen molar-refractivity contribution in [3.05, 3.63) is 34.1 Å². The van der Waals surface area contributed by atoms with Crippen LogP contribution in [0.25, 0.3) is 0 Å². The zero-order valence-electron chi connectivity index (χ0n) is 19.8. The Morgan fingerprint density at radius 3 is 2.83 bits per heavy atom. The van der Waals surface area contributed by atoms with Crippen LogP contribution in [0.15, 0.2) is 12.4 Å². The average molecular weight is 495 g/mol. The molecule has 0 radical (unpaired) electrons. The number of hydrogen-bond acceptors (Lipinski definition) is 7. The van der Waals surface area contributed by atoms with E-state index in [1.807, 2.05) is 10.6 Å². The number of carbonyl (C=O) groups excluding carboxylic acids is 2. The zero-order chi connectivity index (χ0) is 23.9. The molecule has 2 saturated carbocycles. The van der Waals surface area contributed by atoms with Gasteiger partial charge >= 0.3 is 0 Å². The van der Waals surface area contributed by atoms with Crippen LogP contribution in [0.1, 0.15) is 71.6 Å². The van der Waals surface area contributed by atoms with Crippen molar-refractivity contribution in [2.24, 2.45) is 11.8 Å². The molecule has 2 amide bonds. The molecule has 4 N–H and O–H groups in total. The summed E-state index contributed by atoms with van der Waals surface area (Å²) in [5.41, 5.74) is 2.73. The van der Waals surface area contributed by atoms with Crippen molar-refractivity contribution < 1.29 is 9.59 Å². The lowest BCUT2D eigenvalue weighted by molar-refractivity contribution is -0.117. The van der Waals surface area contributed by atoms with Crippen molar-refractivity contribution in [3.63, 3.8) is 0 Å². The maximum absolute atomic E-state index is 13.3. The molecule has 0 aliphatic heterocycles. The van der Waals surface area contributed by atoms with Crippen LogP contribution in [-0.2, 0) is 24.1 Å². The third-order valence-corrected chi connectivity index (χ3v) is 8.32. The number of anilines is 3. The highest BCUT2D eigenvalue weighted by atomic mass is 32.1. The molecule has 0 bridgehead atoms. The molecule has 35 heavy (non-hydrogen) atoms. The van der Waals surface area contributed by atoms with Gasteiger partial charge in [-0.15, -0.1) is 21.5 Å². The first-order valence-electron chi connectivity index (χ1n) is 12.5. The molecule has 0 spiro atoms. The second-order valence-corrected chi connectivity index (χ2v) is 10.9. The molecule has 1 atom stereocenters. The summed E-state index contributed by atoms with van der Waals surface area (Å²) >= 11 is 1.56. The van der Waals surface area contributed by atoms with Gasteiger partial charge in [-0.05, 0) is 62.8 Å². The van der Waals surface area contributed by atoms with Crippen molar-refractivity contribution in [1.82, 2.24) is 30.3 Å². The van der Waals surface area contributed by atoms with Crippen LogP contribution in [-0.4, -0.2) is 43.3 Å². The third-order valence-electron chi connectivity index (χ3n) is 7.11. The standard InChI is InChI=1S/C24H30N8O2S/c1-2-15-9-19(30-29-15)27-24-31-26-12-32(24)16-7-8-18-17(10-16)20(22(34)25-11-13-3-4-13)23(35-18)28-21(33)14-5-6-14/h9,12-14,16H,2-8,10-11H2,1H3,(H,25,34)(H,28,33)(H2,27,29,30,31)/t16-/m0/s1. The fourth-order valence-corrected chi connectivity index (χ4v) is 5.90. The van der Waals surface area contributed by atoms with E-state index in [0.717, 1.165) is 43.4 Å². The lowest BCUT2D eigenvalue weighted by Crippen LogP contribution is -2.28. The first-order chi connectivity index (χ1) is 17.1. The number of carbonyl (C=O) groups is 2. The van der Waals surface area contributed by atoms with E-state index in [9.17, 15) is 9.59 Å². The first kappa shape index (κ1) is 22.3. The molecule has 184 valence electrons. The van der Waals surface area contributed by atoms with Crippen molar-refractivity contribution in [3.8, 4) is 0 Å². The van der Waals surface area contributed by atoms with E-state index < -0.39 is 0 Å². The number of nitrogens with zero attached hydrogens (tertiary/aromatic N) is 4. The summed E-state index contributed by atoms with van der Waals surface area (Å²) in [5, 5.41) is 25.9. The van der Waals surface area contributed by atoms with Crippen LogP contribution in [0, 0.1) is 11.8 Å². The molecule has 0 aromatic carbocycles. The minimum absolute atomic E-state index is 0.0344. The number of thiophene rings is 1. The van der Waals surface area contributed by atoms with Gasteiger partial charge in [0.15, 0.2) is 5.82 Å². The van der Waals surface area contributed by atoms with Crippen molar-refractivity contribution >= 4 is 39.9 Å². The topological polar surface area (TPSA) is 130 Å². The van der Waals surface area contributed by atoms with Gasteiger partial charge in [0.1, 0.15) is 11.3 Å². The molecular weight excluding hydrogens is 464 g/mol. The SMILES string of the molecule is CCc1cc(Nc2nncn2[C@H]2CCc3sc(NC(=O)C4CC4)c(C(=O)NCC4CC4)c3C2)n[nH]1. The van der Waals surface area contributed by atoms with Gasteiger partial charge in [0, 0.05) is 35.1 Å². The molecule has 3 aromatic heterocycles. The fourth-order valence-electron chi connectivity index (χ4n) is 4.66. The van der Waals surface area contributed by atoms with Crippen LogP contribution in [0.5, 0.6) is 0 Å². The zero-order valence-corrected chi connectivity index (χ0v) is 20.6. The quantitative estimate of drug-likeness (QED) is 0.360. The number of amides is 2. The summed E-state index contributed by atoms with van der Waals surface area (Å²) < 4.78 is 2.04. The molecular formula is C24H30N8O2S. The number of aromatic nitrogens is 5. The van der Waals surface area contributed by atoms with E-state index in [1.54, 1.807) is 17.7 Å². The Balaban J connectivity index is 1.26. The number of nitrogens with one attached hydrogen (secondary N) is 4. The fraction of sp³-hybridized carbons (Fsp3) is 0.542. The molecule has 3 aliphatic carbocycles. The summed E-state index contributed by atoms with van der Waals surface area (Å²) in [6.07, 6.45) is 9.25. The molecule has 0 unspecified atom stereocenters. The number of aryl methyl sites for hydroxylation is 2. The minimum atomic E-state index is -0.0770. The molecule has 0 saturated heterocycles. The highest BCUT2D eigenvalue weighted by Crippen LogP contribution is 2.42. The van der Waals surface area contributed by atoms with E-state index >= 15 is 0 Å². The Kier molecular flexibility index (Phi) is 5.79. The smallest absolute Gasteiger partial charge is 0.254 e. The van der Waals surface area contributed by atoms with Gasteiger partial charge in [0.25, 0.3) is 5.91 Å². The predicted octanol–water partition coefficient (Wildman–Crippen LogP) is 3.59. The normalized spacial score (nSPS) is 19.3. The van der Waals surface area contributed by atoms with Gasteiger partial charge in [-0.2, -0.15) is 5.10 Å². The number of hydrogen-bond donors (Lipinski definition) is 4. The number of rotatable bonds is 9. The second kappa shape index (κ2) is 9.10. The second-order valence-electron chi connectivity index (χ2n) is 9.84. The van der Waals surface area contributed by atoms with Gasteiger partial charge in [-0.3, -0.25) is 19.3 Å². The summed E-state index contributed by atoms with van der Waals surface area (Å²) in [5.74, 6) is 1.97. The number of fused-ring (bicyclic) bond motifs is 1. The monoisotopic (exact) mass is 494 g/mol. The van der Waals surface area contributed by atoms with Crippen LogP contribution in [0.2, 0.25) is 0 Å². The van der Waals surface area contributed by atoms with E-state index in [-0.39, 0.29) is 23.8 Å². The first-order valence-corrected chi connectivity index (χ1v) is 13.3. The van der Waals surface area contributed by atoms with E-state index in [0.29, 0.717) is 41.2 Å². The van der Waals surface area contributed by atoms with Crippen molar-refractivity contribution in [2.75, 3.05) is 17.2 Å². The predicted molar refractivity (Wildman–Crippen MR) is 133 cm³/mol. The van der Waals surface area contributed by atoms with Gasteiger partial charge in [-0.25, -0.2) is 0 Å².